The fourth-order valence-corrected chi connectivity index (χ4v) is 2.36. The van der Waals surface area contributed by atoms with Crippen LogP contribution in [-0.2, 0) is 6.42 Å². The van der Waals surface area contributed by atoms with Crippen LogP contribution in [0, 0.1) is 5.82 Å². The lowest BCUT2D eigenvalue weighted by Crippen LogP contribution is -2.27. The van der Waals surface area contributed by atoms with Crippen molar-refractivity contribution < 1.29 is 4.39 Å². The minimum Gasteiger partial charge on any atom is -0.327 e. The molecule has 0 saturated heterocycles. The van der Waals surface area contributed by atoms with Gasteiger partial charge in [-0.3, -0.25) is 0 Å². The Hall–Kier alpha value is -1.38. The molecule has 0 radical (unpaired) electrons. The molecule has 0 aliphatic carbocycles. The summed E-state index contributed by atoms with van der Waals surface area (Å²) in [6.07, 6.45) is 0.704. The van der Waals surface area contributed by atoms with E-state index in [1.54, 1.807) is 12.1 Å². The molecule has 0 amide bonds. The van der Waals surface area contributed by atoms with Crippen molar-refractivity contribution >= 4 is 11.6 Å². The standard InChI is InChI=1S/C16H17ClFN/c1-11(19)15(14-4-2-3-5-16(14)18)10-12-6-8-13(17)9-7-12/h2-9,11,15H,10,19H2,1H3/t11-,15+/m1/s1. The van der Waals surface area contributed by atoms with E-state index >= 15 is 0 Å². The van der Waals surface area contributed by atoms with E-state index in [-0.39, 0.29) is 17.8 Å². The highest BCUT2D eigenvalue weighted by molar-refractivity contribution is 6.30. The van der Waals surface area contributed by atoms with E-state index in [0.29, 0.717) is 17.0 Å². The molecule has 2 aromatic rings. The third-order valence-electron chi connectivity index (χ3n) is 3.31. The average molecular weight is 278 g/mol. The van der Waals surface area contributed by atoms with Gasteiger partial charge in [-0.05, 0) is 42.7 Å². The van der Waals surface area contributed by atoms with Crippen molar-refractivity contribution in [1.82, 2.24) is 0 Å². The highest BCUT2D eigenvalue weighted by Crippen LogP contribution is 2.26. The zero-order valence-corrected chi connectivity index (χ0v) is 11.6. The number of rotatable bonds is 4. The summed E-state index contributed by atoms with van der Waals surface area (Å²) in [5.74, 6) is -0.235. The summed E-state index contributed by atoms with van der Waals surface area (Å²) < 4.78 is 13.9. The second-order valence-corrected chi connectivity index (χ2v) is 5.25. The molecule has 0 heterocycles. The van der Waals surface area contributed by atoms with Crippen molar-refractivity contribution in [2.45, 2.75) is 25.3 Å². The second-order valence-electron chi connectivity index (χ2n) is 4.82. The maximum Gasteiger partial charge on any atom is 0.126 e. The topological polar surface area (TPSA) is 26.0 Å². The highest BCUT2D eigenvalue weighted by Gasteiger charge is 2.19. The first-order valence-corrected chi connectivity index (χ1v) is 6.70. The third kappa shape index (κ3) is 3.55. The fourth-order valence-electron chi connectivity index (χ4n) is 2.23. The summed E-state index contributed by atoms with van der Waals surface area (Å²) in [7, 11) is 0. The zero-order chi connectivity index (χ0) is 13.8. The van der Waals surface area contributed by atoms with Crippen LogP contribution in [0.4, 0.5) is 4.39 Å². The molecule has 0 aliphatic rings. The normalized spacial score (nSPS) is 14.1. The summed E-state index contributed by atoms with van der Waals surface area (Å²) >= 11 is 5.87. The smallest absolute Gasteiger partial charge is 0.126 e. The van der Waals surface area contributed by atoms with E-state index < -0.39 is 0 Å². The molecule has 0 spiro atoms. The van der Waals surface area contributed by atoms with Crippen LogP contribution in [0.25, 0.3) is 0 Å². The van der Waals surface area contributed by atoms with Crippen LogP contribution < -0.4 is 5.73 Å². The molecule has 0 aromatic heterocycles. The lowest BCUT2D eigenvalue weighted by molar-refractivity contribution is 0.521. The van der Waals surface area contributed by atoms with Crippen molar-refractivity contribution in [3.05, 3.63) is 70.5 Å². The Kier molecular flexibility index (Phi) is 4.56. The van der Waals surface area contributed by atoms with E-state index in [2.05, 4.69) is 0 Å². The molecule has 2 aromatic carbocycles. The Morgan fingerprint density at radius 1 is 1.11 bits per heavy atom. The minimum atomic E-state index is -0.196. The van der Waals surface area contributed by atoms with E-state index in [1.807, 2.05) is 37.3 Å². The van der Waals surface area contributed by atoms with E-state index in [9.17, 15) is 4.39 Å². The first-order valence-electron chi connectivity index (χ1n) is 6.32. The van der Waals surface area contributed by atoms with E-state index in [1.165, 1.54) is 6.07 Å². The van der Waals surface area contributed by atoms with Gasteiger partial charge >= 0.3 is 0 Å². The predicted molar refractivity (Wildman–Crippen MR) is 77.9 cm³/mol. The summed E-state index contributed by atoms with van der Waals surface area (Å²) in [5, 5.41) is 0.701. The summed E-state index contributed by atoms with van der Waals surface area (Å²) in [6.45, 7) is 1.91. The van der Waals surface area contributed by atoms with Crippen LogP contribution in [0.1, 0.15) is 24.0 Å². The van der Waals surface area contributed by atoms with Gasteiger partial charge in [0.05, 0.1) is 0 Å². The van der Waals surface area contributed by atoms with Gasteiger partial charge < -0.3 is 5.73 Å². The molecule has 2 atom stereocenters. The van der Waals surface area contributed by atoms with Gasteiger partial charge in [-0.1, -0.05) is 41.9 Å². The number of benzene rings is 2. The van der Waals surface area contributed by atoms with Crippen LogP contribution >= 0.6 is 11.6 Å². The average Bonchev–Trinajstić information content (AvgIpc) is 2.39. The fraction of sp³-hybridized carbons (Fsp3) is 0.250. The second kappa shape index (κ2) is 6.18. The van der Waals surface area contributed by atoms with E-state index in [0.717, 1.165) is 5.56 Å². The molecular weight excluding hydrogens is 261 g/mol. The van der Waals surface area contributed by atoms with Crippen LogP contribution in [0.15, 0.2) is 48.5 Å². The molecule has 0 bridgehead atoms. The van der Waals surface area contributed by atoms with Gasteiger partial charge in [-0.25, -0.2) is 4.39 Å². The van der Waals surface area contributed by atoms with Gasteiger partial charge in [0.25, 0.3) is 0 Å². The van der Waals surface area contributed by atoms with Gasteiger partial charge in [0.2, 0.25) is 0 Å². The monoisotopic (exact) mass is 277 g/mol. The van der Waals surface area contributed by atoms with E-state index in [4.69, 9.17) is 17.3 Å². The zero-order valence-electron chi connectivity index (χ0n) is 10.8. The Morgan fingerprint density at radius 2 is 1.74 bits per heavy atom. The molecule has 0 unspecified atom stereocenters. The molecule has 1 nitrogen and oxygen atoms in total. The van der Waals surface area contributed by atoms with Crippen molar-refractivity contribution in [2.24, 2.45) is 5.73 Å². The lowest BCUT2D eigenvalue weighted by atomic mass is 9.87. The summed E-state index contributed by atoms with van der Waals surface area (Å²) in [5.41, 5.74) is 7.80. The van der Waals surface area contributed by atoms with Crippen LogP contribution in [0.5, 0.6) is 0 Å². The van der Waals surface area contributed by atoms with Crippen LogP contribution in [0.2, 0.25) is 5.02 Å². The number of halogens is 2. The molecule has 3 heteroatoms. The summed E-state index contributed by atoms with van der Waals surface area (Å²) in [6, 6.07) is 14.3. The molecule has 19 heavy (non-hydrogen) atoms. The van der Waals surface area contributed by atoms with Crippen LogP contribution in [-0.4, -0.2) is 6.04 Å². The minimum absolute atomic E-state index is 0.0395. The molecule has 0 saturated carbocycles. The molecule has 100 valence electrons. The molecule has 0 fully saturated rings. The van der Waals surface area contributed by atoms with Gasteiger partial charge in [-0.15, -0.1) is 0 Å². The Labute approximate surface area is 118 Å². The highest BCUT2D eigenvalue weighted by atomic mass is 35.5. The third-order valence-corrected chi connectivity index (χ3v) is 3.56. The Morgan fingerprint density at radius 3 is 2.32 bits per heavy atom. The van der Waals surface area contributed by atoms with Crippen LogP contribution in [0.3, 0.4) is 0 Å². The van der Waals surface area contributed by atoms with Crippen molar-refractivity contribution in [3.63, 3.8) is 0 Å². The molecule has 2 N–H and O–H groups in total. The Bertz CT molecular complexity index is 537. The SMILES string of the molecule is C[C@@H](N)[C@H](Cc1ccc(Cl)cc1)c1ccccc1F. The maximum atomic E-state index is 13.9. The van der Waals surface area contributed by atoms with Crippen molar-refractivity contribution in [3.8, 4) is 0 Å². The van der Waals surface area contributed by atoms with Gasteiger partial charge in [-0.2, -0.15) is 0 Å². The number of hydrogen-bond donors (Lipinski definition) is 1. The number of nitrogens with two attached hydrogens (primary N) is 1. The van der Waals surface area contributed by atoms with Gasteiger partial charge in [0.1, 0.15) is 5.82 Å². The molecule has 2 rings (SSSR count). The summed E-state index contributed by atoms with van der Waals surface area (Å²) in [4.78, 5) is 0. The van der Waals surface area contributed by atoms with Crippen molar-refractivity contribution in [2.75, 3.05) is 0 Å². The molecular formula is C16H17ClFN. The van der Waals surface area contributed by atoms with Crippen molar-refractivity contribution in [1.29, 1.82) is 0 Å². The first-order chi connectivity index (χ1) is 9.08. The maximum absolute atomic E-state index is 13.9. The first kappa shape index (κ1) is 14.0. The Balaban J connectivity index is 2.27. The number of hydrogen-bond acceptors (Lipinski definition) is 1. The van der Waals surface area contributed by atoms with Gasteiger partial charge in [0, 0.05) is 17.0 Å². The lowest BCUT2D eigenvalue weighted by Gasteiger charge is -2.22. The van der Waals surface area contributed by atoms with Gasteiger partial charge in [0.15, 0.2) is 0 Å². The molecule has 0 aliphatic heterocycles. The largest absolute Gasteiger partial charge is 0.327 e. The quantitative estimate of drug-likeness (QED) is 0.892. The predicted octanol–water partition coefficient (Wildman–Crippen LogP) is 4.15.